The fourth-order valence-electron chi connectivity index (χ4n) is 8.65. The number of benzene rings is 4. The van der Waals surface area contributed by atoms with E-state index < -0.39 is 5.51 Å². The van der Waals surface area contributed by atoms with Gasteiger partial charge in [0.05, 0.1) is 13.2 Å². The van der Waals surface area contributed by atoms with Crippen molar-refractivity contribution in [3.8, 4) is 0 Å². The van der Waals surface area contributed by atoms with E-state index in [1.54, 1.807) is 23.8 Å². The molecular weight excluding hydrogens is 891 g/mol. The summed E-state index contributed by atoms with van der Waals surface area (Å²) in [5.41, 5.74) is 7.41. The van der Waals surface area contributed by atoms with Crippen LogP contribution in [0.5, 0.6) is 0 Å². The van der Waals surface area contributed by atoms with Crippen molar-refractivity contribution in [3.05, 3.63) is 119 Å². The molecule has 0 bridgehead atoms. The van der Waals surface area contributed by atoms with Crippen LogP contribution in [0, 0.1) is 11.3 Å². The number of hydrogen-bond donors (Lipinski definition) is 2. The molecule has 7 nitrogen and oxygen atoms in total. The smallest absolute Gasteiger partial charge is 0.398 e. The van der Waals surface area contributed by atoms with Crippen LogP contribution in [0.4, 0.5) is 24.5 Å². The molecule has 7 rings (SSSR count). The van der Waals surface area contributed by atoms with Gasteiger partial charge in [-0.05, 0) is 163 Å². The number of halogens is 4. The predicted molar refractivity (Wildman–Crippen MR) is 265 cm³/mol. The molecule has 3 N–H and O–H groups in total. The number of alkyl halides is 3. The first kappa shape index (κ1) is 50.1. The van der Waals surface area contributed by atoms with Gasteiger partial charge in [-0.15, -0.1) is 11.8 Å². The number of carbonyl (C=O) groups is 1. The number of ether oxygens (including phenoxy) is 1. The van der Waals surface area contributed by atoms with Gasteiger partial charge in [-0.1, -0.05) is 69.6 Å². The monoisotopic (exact) mass is 953 g/mol. The molecule has 4 aromatic rings. The van der Waals surface area contributed by atoms with E-state index in [0.29, 0.717) is 22.4 Å². The molecule has 0 spiro atoms. The molecule has 2 aliphatic heterocycles. The third-order valence-electron chi connectivity index (χ3n) is 11.9. The van der Waals surface area contributed by atoms with E-state index in [0.717, 1.165) is 88.0 Å². The molecule has 64 heavy (non-hydrogen) atoms. The van der Waals surface area contributed by atoms with Crippen molar-refractivity contribution in [1.29, 1.82) is 0 Å². The van der Waals surface area contributed by atoms with E-state index in [9.17, 15) is 18.0 Å². The number of unbranched alkanes of at least 4 members (excludes halogenated alkanes) is 1. The van der Waals surface area contributed by atoms with Crippen LogP contribution < -0.4 is 15.4 Å². The maximum Gasteiger partial charge on any atom is 0.446 e. The van der Waals surface area contributed by atoms with Gasteiger partial charge in [-0.3, -0.25) is 19.3 Å². The first-order chi connectivity index (χ1) is 30.6. The van der Waals surface area contributed by atoms with Crippen LogP contribution in [-0.4, -0.2) is 92.0 Å². The first-order valence-corrected chi connectivity index (χ1v) is 25.3. The Morgan fingerprint density at radius 1 is 0.875 bits per heavy atom. The number of nitrogens with zero attached hydrogens (tertiary/aromatic N) is 3. The summed E-state index contributed by atoms with van der Waals surface area (Å²) in [4.78, 5) is 22.1. The summed E-state index contributed by atoms with van der Waals surface area (Å²) in [5.74, 6) is 1.37. The molecular formula is C50H63ClF3N5O2S3. The minimum atomic E-state index is -4.45. The minimum absolute atomic E-state index is 0.0388. The molecule has 1 amide bonds. The molecule has 1 aliphatic carbocycles. The second-order valence-corrected chi connectivity index (χ2v) is 21.3. The van der Waals surface area contributed by atoms with Gasteiger partial charge in [0.25, 0.3) is 5.91 Å². The SMILES string of the molecule is CC(C)C(C1=C(c2ccc(Cl)cc2)CCC(C)(C)C1)N1CCN(c2ccc(C(=O)NSc3ccc(N)c(SC(F)(F)F)c3)cc2)CC1.c1ccc(SCCCCN2CCOCC2)cc1. The normalized spacial score (nSPS) is 17.8. The van der Waals surface area contributed by atoms with E-state index >= 15 is 0 Å². The number of rotatable bonds is 15. The molecule has 0 radical (unpaired) electrons. The molecule has 2 fully saturated rings. The Kier molecular flexibility index (Phi) is 18.7. The topological polar surface area (TPSA) is 74.1 Å². The van der Waals surface area contributed by atoms with Crippen molar-refractivity contribution < 1.29 is 22.7 Å². The molecule has 14 heteroatoms. The summed E-state index contributed by atoms with van der Waals surface area (Å²) in [6.45, 7) is 18.4. The van der Waals surface area contributed by atoms with Crippen LogP contribution in [0.3, 0.4) is 0 Å². The number of anilines is 2. The van der Waals surface area contributed by atoms with Crippen molar-refractivity contribution in [2.45, 2.75) is 86.0 Å². The maximum absolute atomic E-state index is 12.8. The number of hydrogen-bond acceptors (Lipinski definition) is 9. The summed E-state index contributed by atoms with van der Waals surface area (Å²) >= 11 is 8.89. The first-order valence-electron chi connectivity index (χ1n) is 22.3. The molecule has 3 aliphatic rings. The standard InChI is InChI=1S/C36H42ClF3N4OS2.C14H21NOS/c1-23(2)33(30-22-35(3,4)16-15-29(30)24-5-9-26(37)10-6-24)44-19-17-43(18-20-44)27-11-7-25(8-12-27)34(45)42-47-28-13-14-31(41)32(21-28)46-36(38,39)40;1-2-6-14(7-3-1)17-13-5-4-8-15-9-11-16-12-10-15/h5-14,21,23,33H,15-20,22,41H2,1-4H3,(H,42,45);1-3,6-7H,4-5,8-13H2. The lowest BCUT2D eigenvalue weighted by atomic mass is 9.69. The Bertz CT molecular complexity index is 2110. The largest absolute Gasteiger partial charge is 0.446 e. The number of nitrogens with two attached hydrogens (primary N) is 1. The highest BCUT2D eigenvalue weighted by Crippen LogP contribution is 2.46. The van der Waals surface area contributed by atoms with Crippen molar-refractivity contribution >= 4 is 69.9 Å². The fourth-order valence-corrected chi connectivity index (χ4v) is 11.0. The van der Waals surface area contributed by atoms with Gasteiger partial charge in [-0.2, -0.15) is 13.2 Å². The van der Waals surface area contributed by atoms with Gasteiger partial charge in [0.2, 0.25) is 0 Å². The van der Waals surface area contributed by atoms with Crippen LogP contribution in [0.15, 0.2) is 117 Å². The van der Waals surface area contributed by atoms with E-state index in [4.69, 9.17) is 22.1 Å². The van der Waals surface area contributed by atoms with Gasteiger partial charge >= 0.3 is 5.51 Å². The summed E-state index contributed by atoms with van der Waals surface area (Å²) in [7, 11) is 0. The lowest BCUT2D eigenvalue weighted by Gasteiger charge is -2.46. The Balaban J connectivity index is 0.000000333. The quantitative estimate of drug-likeness (QED) is 0.0524. The second-order valence-electron chi connectivity index (χ2n) is 17.7. The number of carbonyl (C=O) groups excluding carboxylic acids is 1. The minimum Gasteiger partial charge on any atom is -0.398 e. The molecule has 1 unspecified atom stereocenters. The van der Waals surface area contributed by atoms with Crippen LogP contribution in [0.25, 0.3) is 5.57 Å². The van der Waals surface area contributed by atoms with E-state index in [2.05, 4.69) is 89.6 Å². The number of allylic oxidation sites excluding steroid dienone is 1. The number of nitrogens with one attached hydrogen (secondary N) is 1. The van der Waals surface area contributed by atoms with E-state index in [1.807, 2.05) is 36.0 Å². The van der Waals surface area contributed by atoms with Crippen LogP contribution >= 0.6 is 47.1 Å². The van der Waals surface area contributed by atoms with Gasteiger partial charge in [-0.25, -0.2) is 0 Å². The molecule has 0 saturated carbocycles. The zero-order chi connectivity index (χ0) is 45.7. The lowest BCUT2D eigenvalue weighted by Crippen LogP contribution is -2.53. The highest BCUT2D eigenvalue weighted by Gasteiger charge is 2.36. The fraction of sp³-hybridized carbons (Fsp3) is 0.460. The molecule has 2 saturated heterocycles. The number of thioether (sulfide) groups is 2. The number of nitrogen functional groups attached to an aromatic ring is 1. The van der Waals surface area contributed by atoms with Gasteiger partial charge < -0.3 is 15.4 Å². The zero-order valence-corrected chi connectivity index (χ0v) is 40.7. The van der Waals surface area contributed by atoms with E-state index in [-0.39, 0.29) is 33.7 Å². The van der Waals surface area contributed by atoms with Crippen molar-refractivity contribution in [2.75, 3.05) is 75.4 Å². The second kappa shape index (κ2) is 23.9. The Hall–Kier alpha value is -3.30. The molecule has 1 atom stereocenters. The predicted octanol–water partition coefficient (Wildman–Crippen LogP) is 12.7. The molecule has 346 valence electrons. The third kappa shape index (κ3) is 15.4. The highest BCUT2D eigenvalue weighted by atomic mass is 35.5. The number of morpholine rings is 1. The summed E-state index contributed by atoms with van der Waals surface area (Å²) in [6.07, 6.45) is 5.94. The molecule has 2 heterocycles. The average molecular weight is 955 g/mol. The highest BCUT2D eigenvalue weighted by molar-refractivity contribution is 8.00. The molecule has 0 aromatic heterocycles. The van der Waals surface area contributed by atoms with Gasteiger partial charge in [0.15, 0.2) is 0 Å². The molecule has 4 aromatic carbocycles. The number of piperazine rings is 1. The van der Waals surface area contributed by atoms with Crippen molar-refractivity contribution in [1.82, 2.24) is 14.5 Å². The van der Waals surface area contributed by atoms with Gasteiger partial charge in [0, 0.05) is 82.0 Å². The van der Waals surface area contributed by atoms with E-state index in [1.165, 1.54) is 59.7 Å². The third-order valence-corrected chi connectivity index (χ3v) is 14.9. The summed E-state index contributed by atoms with van der Waals surface area (Å²) in [5, 5.41) is 0.759. The van der Waals surface area contributed by atoms with Crippen molar-refractivity contribution in [3.63, 3.8) is 0 Å². The van der Waals surface area contributed by atoms with Crippen molar-refractivity contribution in [2.24, 2.45) is 11.3 Å². The Morgan fingerprint density at radius 2 is 1.56 bits per heavy atom. The Morgan fingerprint density at radius 3 is 2.22 bits per heavy atom. The average Bonchev–Trinajstić information content (AvgIpc) is 3.27. The lowest BCUT2D eigenvalue weighted by molar-refractivity contribution is -0.0328. The van der Waals surface area contributed by atoms with Crippen LogP contribution in [0.2, 0.25) is 5.02 Å². The zero-order valence-electron chi connectivity index (χ0n) is 37.5. The van der Waals surface area contributed by atoms with Crippen LogP contribution in [-0.2, 0) is 4.74 Å². The summed E-state index contributed by atoms with van der Waals surface area (Å²) < 4.78 is 46.6. The summed E-state index contributed by atoms with van der Waals surface area (Å²) in [6, 6.07) is 31.2. The Labute approximate surface area is 396 Å². The maximum atomic E-state index is 12.8. The number of amides is 1. The van der Waals surface area contributed by atoms with Gasteiger partial charge in [0.1, 0.15) is 0 Å². The van der Waals surface area contributed by atoms with Crippen LogP contribution in [0.1, 0.15) is 75.7 Å².